The Morgan fingerprint density at radius 1 is 1.56 bits per heavy atom. The van der Waals surface area contributed by atoms with Gasteiger partial charge in [-0.05, 0) is 19.0 Å². The van der Waals surface area contributed by atoms with E-state index < -0.39 is 5.82 Å². The number of fused-ring (bicyclic) bond motifs is 1. The average molecular weight is 243 g/mol. The standard InChI is InChI=1S/C11H12ClFN2O/c1-6(2-3-14)11-15-9-5-7(13)4-8(12)10(9)16-11/h4-6H,2-3,14H2,1H3. The van der Waals surface area contributed by atoms with E-state index in [0.29, 0.717) is 23.5 Å². The molecule has 2 aromatic rings. The summed E-state index contributed by atoms with van der Waals surface area (Å²) in [5.41, 5.74) is 6.34. The maximum atomic E-state index is 13.1. The average Bonchev–Trinajstić information content (AvgIpc) is 2.62. The first-order chi connectivity index (χ1) is 7.61. The lowest BCUT2D eigenvalue weighted by Gasteiger charge is -2.02. The summed E-state index contributed by atoms with van der Waals surface area (Å²) in [7, 11) is 0. The second kappa shape index (κ2) is 4.39. The quantitative estimate of drug-likeness (QED) is 0.900. The Morgan fingerprint density at radius 3 is 3.00 bits per heavy atom. The lowest BCUT2D eigenvalue weighted by molar-refractivity contribution is 0.473. The van der Waals surface area contributed by atoms with Crippen LogP contribution in [0.3, 0.4) is 0 Å². The number of nitrogens with two attached hydrogens (primary N) is 1. The van der Waals surface area contributed by atoms with Crippen molar-refractivity contribution in [3.63, 3.8) is 0 Å². The zero-order valence-corrected chi connectivity index (χ0v) is 9.59. The molecule has 16 heavy (non-hydrogen) atoms. The Kier molecular flexibility index (Phi) is 3.12. The van der Waals surface area contributed by atoms with E-state index >= 15 is 0 Å². The van der Waals surface area contributed by atoms with Gasteiger partial charge in [-0.1, -0.05) is 18.5 Å². The van der Waals surface area contributed by atoms with Gasteiger partial charge in [0.05, 0.1) is 5.02 Å². The van der Waals surface area contributed by atoms with E-state index in [1.807, 2.05) is 6.92 Å². The van der Waals surface area contributed by atoms with Gasteiger partial charge in [0.2, 0.25) is 0 Å². The molecule has 1 aromatic heterocycles. The van der Waals surface area contributed by atoms with Gasteiger partial charge in [0, 0.05) is 12.0 Å². The molecule has 0 bridgehead atoms. The highest BCUT2D eigenvalue weighted by atomic mass is 35.5. The minimum atomic E-state index is -0.413. The lowest BCUT2D eigenvalue weighted by Crippen LogP contribution is -2.04. The molecule has 0 aliphatic carbocycles. The Balaban J connectivity index is 2.47. The smallest absolute Gasteiger partial charge is 0.198 e. The van der Waals surface area contributed by atoms with Crippen LogP contribution in [0.15, 0.2) is 16.5 Å². The van der Waals surface area contributed by atoms with Crippen molar-refractivity contribution < 1.29 is 8.81 Å². The Labute approximate surface area is 97.4 Å². The molecule has 1 unspecified atom stereocenters. The topological polar surface area (TPSA) is 52.0 Å². The fourth-order valence-corrected chi connectivity index (χ4v) is 1.80. The third-order valence-corrected chi connectivity index (χ3v) is 2.73. The number of benzene rings is 1. The highest BCUT2D eigenvalue weighted by molar-refractivity contribution is 6.34. The Hall–Kier alpha value is -1.13. The van der Waals surface area contributed by atoms with E-state index in [-0.39, 0.29) is 10.9 Å². The fourth-order valence-electron chi connectivity index (χ4n) is 1.56. The Morgan fingerprint density at radius 2 is 2.31 bits per heavy atom. The number of hydrogen-bond donors (Lipinski definition) is 1. The van der Waals surface area contributed by atoms with Crippen LogP contribution in [0, 0.1) is 5.82 Å². The van der Waals surface area contributed by atoms with Crippen molar-refractivity contribution in [1.29, 1.82) is 0 Å². The van der Waals surface area contributed by atoms with Crippen molar-refractivity contribution >= 4 is 22.7 Å². The van der Waals surface area contributed by atoms with E-state index in [1.165, 1.54) is 12.1 Å². The van der Waals surface area contributed by atoms with Gasteiger partial charge < -0.3 is 10.2 Å². The summed E-state index contributed by atoms with van der Waals surface area (Å²) in [5.74, 6) is 0.244. The third-order valence-electron chi connectivity index (χ3n) is 2.45. The minimum absolute atomic E-state index is 0.108. The molecule has 86 valence electrons. The molecule has 2 N–H and O–H groups in total. The van der Waals surface area contributed by atoms with Gasteiger partial charge in [-0.3, -0.25) is 0 Å². The van der Waals surface area contributed by atoms with Crippen molar-refractivity contribution in [1.82, 2.24) is 4.98 Å². The summed E-state index contributed by atoms with van der Waals surface area (Å²) >= 11 is 5.86. The molecular weight excluding hydrogens is 231 g/mol. The second-order valence-electron chi connectivity index (χ2n) is 3.77. The second-order valence-corrected chi connectivity index (χ2v) is 4.17. The minimum Gasteiger partial charge on any atom is -0.439 e. The van der Waals surface area contributed by atoms with Crippen LogP contribution in [-0.4, -0.2) is 11.5 Å². The maximum absolute atomic E-state index is 13.1. The molecule has 1 aromatic carbocycles. The molecule has 0 radical (unpaired) electrons. The Bertz CT molecular complexity index is 512. The molecule has 0 aliphatic heterocycles. The highest BCUT2D eigenvalue weighted by Crippen LogP contribution is 2.29. The predicted molar refractivity (Wildman–Crippen MR) is 61.1 cm³/mol. The first kappa shape index (κ1) is 11.4. The van der Waals surface area contributed by atoms with Crippen LogP contribution in [0.25, 0.3) is 11.1 Å². The monoisotopic (exact) mass is 242 g/mol. The van der Waals surface area contributed by atoms with E-state index in [2.05, 4.69) is 4.98 Å². The fraction of sp³-hybridized carbons (Fsp3) is 0.364. The van der Waals surface area contributed by atoms with Crippen LogP contribution in [0.4, 0.5) is 4.39 Å². The molecule has 1 heterocycles. The van der Waals surface area contributed by atoms with Gasteiger partial charge in [0.25, 0.3) is 0 Å². The molecule has 0 saturated heterocycles. The summed E-state index contributed by atoms with van der Waals surface area (Å²) in [6.45, 7) is 2.52. The first-order valence-electron chi connectivity index (χ1n) is 5.07. The summed E-state index contributed by atoms with van der Waals surface area (Å²) in [6, 6.07) is 2.52. The number of rotatable bonds is 3. The zero-order valence-electron chi connectivity index (χ0n) is 8.84. The summed E-state index contributed by atoms with van der Waals surface area (Å²) in [5, 5.41) is 0.244. The largest absolute Gasteiger partial charge is 0.439 e. The molecule has 2 rings (SSSR count). The normalized spacial score (nSPS) is 13.2. The summed E-state index contributed by atoms with van der Waals surface area (Å²) in [6.07, 6.45) is 0.771. The van der Waals surface area contributed by atoms with Gasteiger partial charge >= 0.3 is 0 Å². The number of nitrogens with zero attached hydrogens (tertiary/aromatic N) is 1. The molecule has 0 saturated carbocycles. The SMILES string of the molecule is CC(CCN)c1nc2cc(F)cc(Cl)c2o1. The highest BCUT2D eigenvalue weighted by Gasteiger charge is 2.15. The van der Waals surface area contributed by atoms with Gasteiger partial charge in [0.1, 0.15) is 11.3 Å². The number of oxazole rings is 1. The number of hydrogen-bond acceptors (Lipinski definition) is 3. The van der Waals surface area contributed by atoms with Gasteiger partial charge in [-0.15, -0.1) is 0 Å². The number of halogens is 2. The van der Waals surface area contributed by atoms with Crippen LogP contribution < -0.4 is 5.73 Å². The third kappa shape index (κ3) is 2.03. The first-order valence-corrected chi connectivity index (χ1v) is 5.45. The number of aromatic nitrogens is 1. The maximum Gasteiger partial charge on any atom is 0.198 e. The van der Waals surface area contributed by atoms with E-state index in [9.17, 15) is 4.39 Å². The van der Waals surface area contributed by atoms with Crippen LogP contribution in [-0.2, 0) is 0 Å². The molecule has 5 heteroatoms. The molecule has 1 atom stereocenters. The molecule has 0 spiro atoms. The van der Waals surface area contributed by atoms with Crippen LogP contribution in [0.5, 0.6) is 0 Å². The van der Waals surface area contributed by atoms with Crippen molar-refractivity contribution in [3.8, 4) is 0 Å². The van der Waals surface area contributed by atoms with Crippen molar-refractivity contribution in [3.05, 3.63) is 28.9 Å². The van der Waals surface area contributed by atoms with E-state index in [1.54, 1.807) is 0 Å². The van der Waals surface area contributed by atoms with E-state index in [4.69, 9.17) is 21.8 Å². The van der Waals surface area contributed by atoms with Crippen molar-refractivity contribution in [2.75, 3.05) is 6.54 Å². The van der Waals surface area contributed by atoms with Crippen LogP contribution in [0.1, 0.15) is 25.2 Å². The molecule has 0 amide bonds. The molecular formula is C11H12ClFN2O. The zero-order chi connectivity index (χ0) is 11.7. The van der Waals surface area contributed by atoms with Gasteiger partial charge in [0.15, 0.2) is 11.5 Å². The predicted octanol–water partition coefficient (Wildman–Crippen LogP) is 3.07. The molecule has 0 fully saturated rings. The molecule has 0 aliphatic rings. The van der Waals surface area contributed by atoms with E-state index in [0.717, 1.165) is 6.42 Å². The van der Waals surface area contributed by atoms with Gasteiger partial charge in [-0.2, -0.15) is 0 Å². The van der Waals surface area contributed by atoms with Crippen molar-refractivity contribution in [2.24, 2.45) is 5.73 Å². The van der Waals surface area contributed by atoms with Crippen LogP contribution in [0.2, 0.25) is 5.02 Å². The lowest BCUT2D eigenvalue weighted by atomic mass is 10.1. The summed E-state index contributed by atoms with van der Waals surface area (Å²) < 4.78 is 18.6. The summed E-state index contributed by atoms with van der Waals surface area (Å²) in [4.78, 5) is 4.21. The van der Waals surface area contributed by atoms with Crippen molar-refractivity contribution in [2.45, 2.75) is 19.3 Å². The molecule has 3 nitrogen and oxygen atoms in total. The van der Waals surface area contributed by atoms with Gasteiger partial charge in [-0.25, -0.2) is 9.37 Å². The van der Waals surface area contributed by atoms with Crippen LogP contribution >= 0.6 is 11.6 Å².